The van der Waals surface area contributed by atoms with E-state index in [0.29, 0.717) is 5.92 Å². The van der Waals surface area contributed by atoms with Crippen LogP contribution >= 0.6 is 0 Å². The van der Waals surface area contributed by atoms with Gasteiger partial charge in [-0.25, -0.2) is 4.79 Å². The molecule has 0 aromatic carbocycles. The van der Waals surface area contributed by atoms with Crippen molar-refractivity contribution in [1.82, 2.24) is 4.90 Å². The molecule has 0 saturated carbocycles. The maximum Gasteiger partial charge on any atom is 0.410 e. The van der Waals surface area contributed by atoms with Gasteiger partial charge in [0.2, 0.25) is 0 Å². The van der Waals surface area contributed by atoms with Crippen molar-refractivity contribution < 1.29 is 9.53 Å². The van der Waals surface area contributed by atoms with Crippen LogP contribution in [0.4, 0.5) is 4.79 Å². The SMILES string of the molecule is CC.CC.CC1CN(C(=O)OC(C)(C)C)C1. The third-order valence-corrected chi connectivity index (χ3v) is 1.72. The number of rotatable bonds is 0. The van der Waals surface area contributed by atoms with Crippen molar-refractivity contribution in [3.05, 3.63) is 0 Å². The lowest BCUT2D eigenvalue weighted by molar-refractivity contribution is 0.00153. The predicted molar refractivity (Wildman–Crippen MR) is 69.7 cm³/mol. The summed E-state index contributed by atoms with van der Waals surface area (Å²) in [5, 5.41) is 0. The lowest BCUT2D eigenvalue weighted by atomic mass is 10.0. The van der Waals surface area contributed by atoms with Crippen LogP contribution < -0.4 is 0 Å². The number of hydrogen-bond acceptors (Lipinski definition) is 2. The zero-order valence-electron chi connectivity index (χ0n) is 12.3. The molecule has 0 aliphatic carbocycles. The van der Waals surface area contributed by atoms with Gasteiger partial charge < -0.3 is 9.64 Å². The first kappa shape index (κ1) is 17.7. The molecule has 98 valence electrons. The Labute approximate surface area is 101 Å². The first-order chi connectivity index (χ1) is 7.38. The monoisotopic (exact) mass is 231 g/mol. The molecular formula is C13H29NO2. The molecule has 1 rings (SSSR count). The summed E-state index contributed by atoms with van der Waals surface area (Å²) < 4.78 is 5.18. The molecule has 0 unspecified atom stereocenters. The van der Waals surface area contributed by atoms with Crippen molar-refractivity contribution in [3.8, 4) is 0 Å². The topological polar surface area (TPSA) is 29.5 Å². The van der Waals surface area contributed by atoms with Crippen molar-refractivity contribution in [2.45, 2.75) is 61.0 Å². The molecule has 0 bridgehead atoms. The van der Waals surface area contributed by atoms with Crippen LogP contribution in [0.1, 0.15) is 55.4 Å². The smallest absolute Gasteiger partial charge is 0.410 e. The highest BCUT2D eigenvalue weighted by Gasteiger charge is 2.30. The van der Waals surface area contributed by atoms with Gasteiger partial charge in [0, 0.05) is 13.1 Å². The first-order valence-corrected chi connectivity index (χ1v) is 6.36. The minimum Gasteiger partial charge on any atom is -0.444 e. The normalized spacial score (nSPS) is 14.9. The summed E-state index contributed by atoms with van der Waals surface area (Å²) in [7, 11) is 0. The van der Waals surface area contributed by atoms with Gasteiger partial charge in [-0.3, -0.25) is 0 Å². The highest BCUT2D eigenvalue weighted by Crippen LogP contribution is 2.18. The molecule has 1 saturated heterocycles. The summed E-state index contributed by atoms with van der Waals surface area (Å²) in [5.74, 6) is 0.637. The van der Waals surface area contributed by atoms with Gasteiger partial charge in [0.05, 0.1) is 0 Å². The van der Waals surface area contributed by atoms with Crippen molar-refractivity contribution in [3.63, 3.8) is 0 Å². The van der Waals surface area contributed by atoms with E-state index >= 15 is 0 Å². The van der Waals surface area contributed by atoms with Gasteiger partial charge in [-0.1, -0.05) is 34.6 Å². The Hall–Kier alpha value is -0.730. The molecular weight excluding hydrogens is 202 g/mol. The molecule has 1 fully saturated rings. The molecule has 3 nitrogen and oxygen atoms in total. The highest BCUT2D eigenvalue weighted by molar-refractivity contribution is 5.69. The van der Waals surface area contributed by atoms with E-state index < -0.39 is 0 Å². The summed E-state index contributed by atoms with van der Waals surface area (Å²) in [6.07, 6.45) is -0.180. The molecule has 1 heterocycles. The first-order valence-electron chi connectivity index (χ1n) is 6.36. The van der Waals surface area contributed by atoms with Crippen LogP contribution in [0.5, 0.6) is 0 Å². The quantitative estimate of drug-likeness (QED) is 0.632. The largest absolute Gasteiger partial charge is 0.444 e. The molecule has 1 aliphatic rings. The van der Waals surface area contributed by atoms with E-state index in [1.165, 1.54) is 0 Å². The third-order valence-electron chi connectivity index (χ3n) is 1.72. The molecule has 16 heavy (non-hydrogen) atoms. The Bertz CT molecular complexity index is 179. The molecule has 3 heteroatoms. The van der Waals surface area contributed by atoms with Crippen LogP contribution in [0.3, 0.4) is 0 Å². The fourth-order valence-corrected chi connectivity index (χ4v) is 1.17. The van der Waals surface area contributed by atoms with Gasteiger partial charge in [0.15, 0.2) is 0 Å². The number of carbonyl (C=O) groups excluding carboxylic acids is 1. The second kappa shape index (κ2) is 8.43. The van der Waals surface area contributed by atoms with Gasteiger partial charge in [-0.05, 0) is 26.7 Å². The maximum absolute atomic E-state index is 11.3. The Morgan fingerprint density at radius 3 is 1.75 bits per heavy atom. The van der Waals surface area contributed by atoms with Crippen molar-refractivity contribution in [1.29, 1.82) is 0 Å². The Kier molecular flexibility index (Phi) is 9.30. The highest BCUT2D eigenvalue weighted by atomic mass is 16.6. The number of hydrogen-bond donors (Lipinski definition) is 0. The lowest BCUT2D eigenvalue weighted by Crippen LogP contribution is -2.50. The average Bonchev–Trinajstić information content (AvgIpc) is 2.17. The van der Waals surface area contributed by atoms with E-state index in [2.05, 4.69) is 6.92 Å². The molecule has 0 spiro atoms. The second-order valence-electron chi connectivity index (χ2n) is 4.49. The van der Waals surface area contributed by atoms with E-state index in [1.54, 1.807) is 4.90 Å². The Balaban J connectivity index is 0. The number of ether oxygens (including phenoxy) is 1. The summed E-state index contributed by atoms with van der Waals surface area (Å²) in [5.41, 5.74) is -0.365. The zero-order valence-corrected chi connectivity index (χ0v) is 12.3. The van der Waals surface area contributed by atoms with Crippen molar-refractivity contribution >= 4 is 6.09 Å². The lowest BCUT2D eigenvalue weighted by Gasteiger charge is -2.37. The third kappa shape index (κ3) is 7.55. The van der Waals surface area contributed by atoms with Crippen LogP contribution in [-0.4, -0.2) is 29.7 Å². The van der Waals surface area contributed by atoms with Crippen molar-refractivity contribution in [2.24, 2.45) is 5.92 Å². The molecule has 0 radical (unpaired) electrons. The molecule has 0 aromatic heterocycles. The fraction of sp³-hybridized carbons (Fsp3) is 0.923. The summed E-state index contributed by atoms with van der Waals surface area (Å²) >= 11 is 0. The zero-order chi connectivity index (χ0) is 13.4. The maximum atomic E-state index is 11.3. The Morgan fingerprint density at radius 1 is 1.12 bits per heavy atom. The van der Waals surface area contributed by atoms with Crippen LogP contribution in [0.2, 0.25) is 0 Å². The predicted octanol–water partition coefficient (Wildman–Crippen LogP) is 3.93. The van der Waals surface area contributed by atoms with E-state index in [9.17, 15) is 4.79 Å². The van der Waals surface area contributed by atoms with E-state index in [-0.39, 0.29) is 11.7 Å². The van der Waals surface area contributed by atoms with Gasteiger partial charge in [0.1, 0.15) is 5.60 Å². The van der Waals surface area contributed by atoms with E-state index in [1.807, 2.05) is 48.5 Å². The molecule has 1 amide bonds. The number of amides is 1. The average molecular weight is 231 g/mol. The number of likely N-dealkylation sites (tertiary alicyclic amines) is 1. The second-order valence-corrected chi connectivity index (χ2v) is 4.49. The van der Waals surface area contributed by atoms with Crippen molar-refractivity contribution in [2.75, 3.05) is 13.1 Å². The molecule has 0 atom stereocenters. The van der Waals surface area contributed by atoms with E-state index in [0.717, 1.165) is 13.1 Å². The summed E-state index contributed by atoms with van der Waals surface area (Å²) in [6, 6.07) is 0. The number of nitrogens with zero attached hydrogens (tertiary/aromatic N) is 1. The number of carbonyl (C=O) groups is 1. The molecule has 0 aromatic rings. The fourth-order valence-electron chi connectivity index (χ4n) is 1.17. The molecule has 0 N–H and O–H groups in total. The van der Waals surface area contributed by atoms with Crippen LogP contribution in [-0.2, 0) is 4.74 Å². The van der Waals surface area contributed by atoms with Crippen LogP contribution in [0, 0.1) is 5.92 Å². The Morgan fingerprint density at radius 2 is 1.50 bits per heavy atom. The molecule has 1 aliphatic heterocycles. The summed E-state index contributed by atoms with van der Waals surface area (Å²) in [6.45, 7) is 17.5. The van der Waals surface area contributed by atoms with Crippen LogP contribution in [0.15, 0.2) is 0 Å². The van der Waals surface area contributed by atoms with Gasteiger partial charge in [-0.2, -0.15) is 0 Å². The minimum atomic E-state index is -0.365. The minimum absolute atomic E-state index is 0.180. The van der Waals surface area contributed by atoms with Gasteiger partial charge >= 0.3 is 6.09 Å². The van der Waals surface area contributed by atoms with Gasteiger partial charge in [-0.15, -0.1) is 0 Å². The van der Waals surface area contributed by atoms with Crippen LogP contribution in [0.25, 0.3) is 0 Å². The summed E-state index contributed by atoms with van der Waals surface area (Å²) in [4.78, 5) is 13.0. The standard InChI is InChI=1S/C9H17NO2.2C2H6/c1-7-5-10(6-7)8(11)12-9(2,3)4;2*1-2/h7H,5-6H2,1-4H3;2*1-2H3. The van der Waals surface area contributed by atoms with Gasteiger partial charge in [0.25, 0.3) is 0 Å². The van der Waals surface area contributed by atoms with E-state index in [4.69, 9.17) is 4.74 Å².